The molecule has 0 aromatic heterocycles. The van der Waals surface area contributed by atoms with Crippen molar-refractivity contribution in [3.63, 3.8) is 0 Å². The number of hydrogen-bond donors (Lipinski definition) is 1. The smallest absolute Gasteiger partial charge is 0.349 e. The highest BCUT2D eigenvalue weighted by Crippen LogP contribution is 2.23. The van der Waals surface area contributed by atoms with Crippen molar-refractivity contribution in [2.45, 2.75) is 11.4 Å². The molecule has 1 N–H and O–H groups in total. The van der Waals surface area contributed by atoms with Gasteiger partial charge in [0.15, 0.2) is 0 Å². The average Bonchev–Trinajstić information content (AvgIpc) is 2.46. The molecule has 0 saturated heterocycles. The van der Waals surface area contributed by atoms with Gasteiger partial charge in [-0.3, -0.25) is 0 Å². The molecule has 0 heterocycles. The molecule has 0 saturated carbocycles. The van der Waals surface area contributed by atoms with Gasteiger partial charge >= 0.3 is 5.97 Å². The van der Waals surface area contributed by atoms with Gasteiger partial charge in [0.2, 0.25) is 6.10 Å². The van der Waals surface area contributed by atoms with E-state index < -0.39 is 12.1 Å². The Bertz CT molecular complexity index is 537. The summed E-state index contributed by atoms with van der Waals surface area (Å²) in [7, 11) is 0. The van der Waals surface area contributed by atoms with Gasteiger partial charge in [0, 0.05) is 10.9 Å². The molecule has 0 aliphatic heterocycles. The first kappa shape index (κ1) is 13.6. The molecule has 0 amide bonds. The molecule has 3 nitrogen and oxygen atoms in total. The zero-order chi connectivity index (χ0) is 13.7. The number of halogens is 1. The van der Waals surface area contributed by atoms with Gasteiger partial charge in [-0.1, -0.05) is 58.4 Å². The lowest BCUT2D eigenvalue weighted by atomic mass is 10.1. The lowest BCUT2D eigenvalue weighted by Crippen LogP contribution is -2.18. The third-order valence-corrected chi connectivity index (χ3v) is 3.31. The van der Waals surface area contributed by atoms with Gasteiger partial charge in [0.25, 0.3) is 0 Å². The maximum atomic E-state index is 11.3. The fraction of sp³-hybridized carbons (Fsp3) is 0.133. The van der Waals surface area contributed by atoms with E-state index in [1.165, 1.54) is 0 Å². The Morgan fingerprint density at radius 2 is 1.74 bits per heavy atom. The zero-order valence-corrected chi connectivity index (χ0v) is 11.7. The Kier molecular flexibility index (Phi) is 4.58. The molecule has 0 fully saturated rings. The molecule has 0 radical (unpaired) electrons. The van der Waals surface area contributed by atoms with Gasteiger partial charge < -0.3 is 9.84 Å². The van der Waals surface area contributed by atoms with Crippen LogP contribution in [0.4, 0.5) is 0 Å². The highest BCUT2D eigenvalue weighted by atomic mass is 79.9. The molecule has 2 aromatic rings. The normalized spacial score (nSPS) is 11.8. The monoisotopic (exact) mass is 320 g/mol. The summed E-state index contributed by atoms with van der Waals surface area (Å²) < 4.78 is 5.55. The fourth-order valence-electron chi connectivity index (χ4n) is 1.68. The van der Waals surface area contributed by atoms with Crippen LogP contribution in [-0.4, -0.2) is 11.1 Å². The summed E-state index contributed by atoms with van der Waals surface area (Å²) in [4.78, 5) is 11.3. The second kappa shape index (κ2) is 6.38. The van der Waals surface area contributed by atoms with Crippen LogP contribution in [0.1, 0.15) is 17.2 Å². The summed E-state index contributed by atoms with van der Waals surface area (Å²) in [5.74, 6) is -0.461. The molecule has 4 heteroatoms. The first-order valence-corrected chi connectivity index (χ1v) is 6.92. The van der Waals surface area contributed by atoms with E-state index in [4.69, 9.17) is 4.74 Å². The first-order valence-electron chi connectivity index (χ1n) is 5.80. The molecule has 1 atom stereocenters. The Balaban J connectivity index is 2.19. The Hall–Kier alpha value is -1.81. The van der Waals surface area contributed by atoms with Gasteiger partial charge in [0.05, 0.1) is 0 Å². The van der Waals surface area contributed by atoms with Crippen molar-refractivity contribution in [3.8, 4) is 5.75 Å². The predicted molar refractivity (Wildman–Crippen MR) is 76.5 cm³/mol. The molecule has 0 aliphatic carbocycles. The molecule has 0 aliphatic rings. The van der Waals surface area contributed by atoms with Crippen LogP contribution in [0.3, 0.4) is 0 Å². The summed E-state index contributed by atoms with van der Waals surface area (Å²) in [6.07, 6.45) is -0.990. The van der Waals surface area contributed by atoms with E-state index in [9.17, 15) is 9.90 Å². The van der Waals surface area contributed by atoms with Crippen molar-refractivity contribution in [2.75, 3.05) is 0 Å². The second-order valence-corrected chi connectivity index (χ2v) is 4.59. The molecular weight excluding hydrogens is 308 g/mol. The van der Waals surface area contributed by atoms with Crippen molar-refractivity contribution in [2.24, 2.45) is 0 Å². The van der Waals surface area contributed by atoms with Crippen LogP contribution < -0.4 is 4.74 Å². The highest BCUT2D eigenvalue weighted by molar-refractivity contribution is 9.08. The van der Waals surface area contributed by atoms with E-state index in [-0.39, 0.29) is 0 Å². The molecule has 98 valence electrons. The maximum Gasteiger partial charge on any atom is 0.349 e. The van der Waals surface area contributed by atoms with E-state index in [0.29, 0.717) is 11.3 Å². The Labute approximate surface area is 120 Å². The minimum atomic E-state index is -1.00. The van der Waals surface area contributed by atoms with E-state index in [2.05, 4.69) is 15.9 Å². The number of hydrogen-bond acceptors (Lipinski definition) is 2. The zero-order valence-electron chi connectivity index (χ0n) is 10.1. The Morgan fingerprint density at radius 3 is 2.26 bits per heavy atom. The Morgan fingerprint density at radius 1 is 1.11 bits per heavy atom. The number of carboxylic acids is 1. The first-order chi connectivity index (χ1) is 9.20. The van der Waals surface area contributed by atoms with Crippen LogP contribution >= 0.6 is 15.9 Å². The van der Waals surface area contributed by atoms with E-state index in [0.717, 1.165) is 10.9 Å². The number of ether oxygens (including phenoxy) is 1. The van der Waals surface area contributed by atoms with Crippen LogP contribution in [0.2, 0.25) is 0 Å². The molecule has 2 aromatic carbocycles. The standard InChI is InChI=1S/C15H13BrO3/c16-10-11-6-8-13(9-7-11)19-14(15(17)18)12-4-2-1-3-5-12/h1-9,14H,10H2,(H,17,18). The lowest BCUT2D eigenvalue weighted by molar-refractivity contribution is -0.145. The van der Waals surface area contributed by atoms with Crippen LogP contribution in [0.25, 0.3) is 0 Å². The third-order valence-electron chi connectivity index (χ3n) is 2.66. The van der Waals surface area contributed by atoms with E-state index >= 15 is 0 Å². The molecular formula is C15H13BrO3. The van der Waals surface area contributed by atoms with E-state index in [1.807, 2.05) is 18.2 Å². The molecule has 0 bridgehead atoms. The van der Waals surface area contributed by atoms with Gasteiger partial charge in [0.1, 0.15) is 5.75 Å². The fourth-order valence-corrected chi connectivity index (χ4v) is 2.06. The van der Waals surface area contributed by atoms with Crippen LogP contribution in [0, 0.1) is 0 Å². The molecule has 1 unspecified atom stereocenters. The number of aliphatic carboxylic acids is 1. The minimum Gasteiger partial charge on any atom is -0.478 e. The van der Waals surface area contributed by atoms with E-state index in [1.54, 1.807) is 36.4 Å². The molecule has 19 heavy (non-hydrogen) atoms. The second-order valence-electron chi connectivity index (χ2n) is 4.02. The number of benzene rings is 2. The van der Waals surface area contributed by atoms with Crippen molar-refractivity contribution in [3.05, 3.63) is 65.7 Å². The van der Waals surface area contributed by atoms with Gasteiger partial charge in [-0.05, 0) is 17.7 Å². The van der Waals surface area contributed by atoms with Gasteiger partial charge in [-0.15, -0.1) is 0 Å². The van der Waals surface area contributed by atoms with Gasteiger partial charge in [-0.2, -0.15) is 0 Å². The topological polar surface area (TPSA) is 46.5 Å². The predicted octanol–water partition coefficient (Wildman–Crippen LogP) is 3.79. The van der Waals surface area contributed by atoms with Crippen LogP contribution in [-0.2, 0) is 10.1 Å². The van der Waals surface area contributed by atoms with Crippen molar-refractivity contribution in [1.29, 1.82) is 0 Å². The SMILES string of the molecule is O=C(O)C(Oc1ccc(CBr)cc1)c1ccccc1. The maximum absolute atomic E-state index is 11.3. The average molecular weight is 321 g/mol. The summed E-state index contributed by atoms with van der Waals surface area (Å²) in [5, 5.41) is 10.0. The van der Waals surface area contributed by atoms with Crippen LogP contribution in [0.5, 0.6) is 5.75 Å². The van der Waals surface area contributed by atoms with Gasteiger partial charge in [-0.25, -0.2) is 4.79 Å². The number of alkyl halides is 1. The number of carboxylic acid groups (broad SMARTS) is 1. The molecule has 2 rings (SSSR count). The molecule has 0 spiro atoms. The van der Waals surface area contributed by atoms with Crippen molar-refractivity contribution < 1.29 is 14.6 Å². The lowest BCUT2D eigenvalue weighted by Gasteiger charge is -2.15. The summed E-state index contributed by atoms with van der Waals surface area (Å²) in [5.41, 5.74) is 1.73. The van der Waals surface area contributed by atoms with Crippen molar-refractivity contribution in [1.82, 2.24) is 0 Å². The number of rotatable bonds is 5. The number of carbonyl (C=O) groups is 1. The summed E-state index contributed by atoms with van der Waals surface area (Å²) in [6, 6.07) is 16.3. The van der Waals surface area contributed by atoms with Crippen molar-refractivity contribution >= 4 is 21.9 Å². The minimum absolute atomic E-state index is 0.543. The highest BCUT2D eigenvalue weighted by Gasteiger charge is 2.21. The quantitative estimate of drug-likeness (QED) is 0.853. The third kappa shape index (κ3) is 3.58. The largest absolute Gasteiger partial charge is 0.478 e. The summed E-state index contributed by atoms with van der Waals surface area (Å²) in [6.45, 7) is 0. The van der Waals surface area contributed by atoms with Crippen LogP contribution in [0.15, 0.2) is 54.6 Å². The summed E-state index contributed by atoms with van der Waals surface area (Å²) >= 11 is 3.36.